The van der Waals surface area contributed by atoms with E-state index >= 15 is 0 Å². The van der Waals surface area contributed by atoms with Gasteiger partial charge in [-0.25, -0.2) is 0 Å². The number of aliphatic hydroxyl groups excluding tert-OH is 3. The molecule has 0 aliphatic heterocycles. The van der Waals surface area contributed by atoms with Gasteiger partial charge in [0.25, 0.3) is 0 Å². The average Bonchev–Trinajstić information content (AvgIpc) is 2.60. The minimum absolute atomic E-state index is 0.0600. The highest BCUT2D eigenvalue weighted by molar-refractivity contribution is 4.47. The molecule has 0 saturated heterocycles. The lowest BCUT2D eigenvalue weighted by Gasteiger charge is -2.01. The molecule has 0 aliphatic rings. The minimum atomic E-state index is -0.0600. The molecule has 0 aromatic rings. The lowest BCUT2D eigenvalue weighted by Crippen LogP contribution is -2.19. The van der Waals surface area contributed by atoms with Gasteiger partial charge in [0.2, 0.25) is 0 Å². The van der Waals surface area contributed by atoms with E-state index in [1.54, 1.807) is 0 Å². The number of nitrogens with one attached hydrogen (secondary N) is 1. The Labute approximate surface area is 148 Å². The number of unbranched alkanes of at least 4 members (excludes halogenated alkanes) is 11. The van der Waals surface area contributed by atoms with Gasteiger partial charge in [0.05, 0.1) is 26.4 Å². The van der Waals surface area contributed by atoms with Crippen molar-refractivity contribution in [2.75, 3.05) is 33.0 Å². The first-order valence-corrected chi connectivity index (χ1v) is 9.64. The van der Waals surface area contributed by atoms with E-state index in [1.807, 2.05) is 0 Å². The molecule has 0 aromatic heterocycles. The Morgan fingerprint density at radius 2 is 0.917 bits per heavy atom. The van der Waals surface area contributed by atoms with Crippen LogP contribution in [0.4, 0.5) is 0 Å². The molecule has 0 saturated carbocycles. The summed E-state index contributed by atoms with van der Waals surface area (Å²) in [6, 6.07) is 0. The van der Waals surface area contributed by atoms with E-state index in [1.165, 1.54) is 70.6 Å². The first-order valence-electron chi connectivity index (χ1n) is 9.64. The molecule has 4 N–H and O–H groups in total. The second-order valence-corrected chi connectivity index (χ2v) is 5.84. The Hall–Kier alpha value is -0.240. The average molecular weight is 352 g/mol. The standard InChI is InChI=1S/C14H30O.C4H11NO4/c1-2-3-4-5-6-7-8-9-10-11-12-13-14-15;6-1-3-8-5-9-4-2-7/h15H,2-14H2,1H3;5-7H,1-4H2. The third-order valence-electron chi connectivity index (χ3n) is 3.52. The molecule has 0 unspecified atom stereocenters. The lowest BCUT2D eigenvalue weighted by molar-refractivity contribution is -0.178. The molecular formula is C18H41NO5. The zero-order valence-corrected chi connectivity index (χ0v) is 15.7. The molecule has 148 valence electrons. The van der Waals surface area contributed by atoms with E-state index in [-0.39, 0.29) is 26.4 Å². The van der Waals surface area contributed by atoms with E-state index in [0.717, 1.165) is 6.42 Å². The van der Waals surface area contributed by atoms with E-state index in [2.05, 4.69) is 22.2 Å². The van der Waals surface area contributed by atoms with Crippen LogP contribution in [0, 0.1) is 0 Å². The summed E-state index contributed by atoms with van der Waals surface area (Å²) in [6.07, 6.45) is 16.2. The van der Waals surface area contributed by atoms with Crippen molar-refractivity contribution in [1.82, 2.24) is 5.64 Å². The molecule has 0 atom stereocenters. The monoisotopic (exact) mass is 351 g/mol. The third-order valence-corrected chi connectivity index (χ3v) is 3.52. The van der Waals surface area contributed by atoms with E-state index in [0.29, 0.717) is 6.61 Å². The number of rotatable bonds is 18. The minimum Gasteiger partial charge on any atom is -0.396 e. The number of hydrogen-bond acceptors (Lipinski definition) is 6. The molecule has 6 nitrogen and oxygen atoms in total. The lowest BCUT2D eigenvalue weighted by atomic mass is 10.1. The molecule has 0 radical (unpaired) electrons. The molecule has 0 fully saturated rings. The van der Waals surface area contributed by atoms with Gasteiger partial charge in [0.1, 0.15) is 0 Å². The summed E-state index contributed by atoms with van der Waals surface area (Å²) in [4.78, 5) is 8.90. The Kier molecular flexibility index (Phi) is 29.9. The van der Waals surface area contributed by atoms with Crippen LogP contribution in [-0.4, -0.2) is 48.4 Å². The van der Waals surface area contributed by atoms with Crippen molar-refractivity contribution < 1.29 is 25.0 Å². The zero-order valence-electron chi connectivity index (χ0n) is 15.7. The quantitative estimate of drug-likeness (QED) is 0.224. The van der Waals surface area contributed by atoms with Gasteiger partial charge >= 0.3 is 0 Å². The molecule has 0 spiro atoms. The van der Waals surface area contributed by atoms with Crippen molar-refractivity contribution in [1.29, 1.82) is 0 Å². The molecular weight excluding hydrogens is 310 g/mol. The molecule has 0 bridgehead atoms. The fourth-order valence-corrected chi connectivity index (χ4v) is 2.17. The van der Waals surface area contributed by atoms with Gasteiger partial charge in [0.15, 0.2) is 0 Å². The van der Waals surface area contributed by atoms with Gasteiger partial charge in [-0.05, 0) is 6.42 Å². The summed E-state index contributed by atoms with van der Waals surface area (Å²) in [7, 11) is 0. The van der Waals surface area contributed by atoms with Crippen LogP contribution in [0.1, 0.15) is 84.0 Å². The predicted molar refractivity (Wildman–Crippen MR) is 97.4 cm³/mol. The maximum absolute atomic E-state index is 8.61. The Bertz CT molecular complexity index is 178. The molecule has 0 amide bonds. The van der Waals surface area contributed by atoms with Crippen molar-refractivity contribution in [2.45, 2.75) is 84.0 Å². The Morgan fingerprint density at radius 3 is 1.25 bits per heavy atom. The van der Waals surface area contributed by atoms with Gasteiger partial charge in [-0.1, -0.05) is 83.2 Å². The number of hydrogen-bond donors (Lipinski definition) is 4. The van der Waals surface area contributed by atoms with Crippen LogP contribution >= 0.6 is 0 Å². The van der Waals surface area contributed by atoms with E-state index in [9.17, 15) is 0 Å². The van der Waals surface area contributed by atoms with E-state index in [4.69, 9.17) is 15.3 Å². The maximum Gasteiger partial charge on any atom is 0.0940 e. The highest BCUT2D eigenvalue weighted by Crippen LogP contribution is 2.11. The van der Waals surface area contributed by atoms with Crippen LogP contribution < -0.4 is 5.64 Å². The number of aliphatic hydroxyl groups is 3. The molecule has 0 heterocycles. The van der Waals surface area contributed by atoms with Gasteiger partial charge in [0, 0.05) is 6.61 Å². The Morgan fingerprint density at radius 1 is 0.542 bits per heavy atom. The SMILES string of the molecule is CCCCCCCCCCCCCCO.OCCONOCCO. The molecule has 6 heteroatoms. The van der Waals surface area contributed by atoms with Crippen molar-refractivity contribution >= 4 is 0 Å². The highest BCUT2D eigenvalue weighted by atomic mass is 16.9. The summed E-state index contributed by atoms with van der Waals surface area (Å²) < 4.78 is 0. The van der Waals surface area contributed by atoms with Gasteiger partial charge < -0.3 is 15.3 Å². The fourth-order valence-electron chi connectivity index (χ4n) is 2.17. The van der Waals surface area contributed by atoms with Gasteiger partial charge in [-0.3, -0.25) is 9.68 Å². The molecule has 0 aromatic carbocycles. The fraction of sp³-hybridized carbons (Fsp3) is 1.00. The van der Waals surface area contributed by atoms with Crippen LogP contribution in [0.3, 0.4) is 0 Å². The molecule has 0 aliphatic carbocycles. The van der Waals surface area contributed by atoms with Crippen LogP contribution in [0.25, 0.3) is 0 Å². The third kappa shape index (κ3) is 29.7. The van der Waals surface area contributed by atoms with Crippen molar-refractivity contribution in [3.63, 3.8) is 0 Å². The first kappa shape index (κ1) is 26.0. The molecule has 0 rings (SSSR count). The summed E-state index contributed by atoms with van der Waals surface area (Å²) in [5.74, 6) is 0. The van der Waals surface area contributed by atoms with Crippen molar-refractivity contribution in [3.05, 3.63) is 0 Å². The topological polar surface area (TPSA) is 91.2 Å². The van der Waals surface area contributed by atoms with Crippen LogP contribution in [0.15, 0.2) is 0 Å². The van der Waals surface area contributed by atoms with Crippen LogP contribution in [0.5, 0.6) is 0 Å². The second-order valence-electron chi connectivity index (χ2n) is 5.84. The predicted octanol–water partition coefficient (Wildman–Crippen LogP) is 3.10. The summed E-state index contributed by atoms with van der Waals surface area (Å²) in [6.45, 7) is 2.87. The summed E-state index contributed by atoms with van der Waals surface area (Å²) in [5, 5.41) is 24.9. The van der Waals surface area contributed by atoms with Crippen molar-refractivity contribution in [3.8, 4) is 0 Å². The largest absolute Gasteiger partial charge is 0.396 e. The van der Waals surface area contributed by atoms with Crippen LogP contribution in [-0.2, 0) is 9.68 Å². The van der Waals surface area contributed by atoms with E-state index < -0.39 is 0 Å². The molecule has 24 heavy (non-hydrogen) atoms. The summed E-state index contributed by atoms with van der Waals surface area (Å²) >= 11 is 0. The van der Waals surface area contributed by atoms with Crippen LogP contribution in [0.2, 0.25) is 0 Å². The first-order chi connectivity index (χ1) is 11.8. The smallest absolute Gasteiger partial charge is 0.0940 e. The maximum atomic E-state index is 8.61. The summed E-state index contributed by atoms with van der Waals surface area (Å²) in [5.41, 5.74) is 2.07. The normalized spacial score (nSPS) is 10.5. The Balaban J connectivity index is 0. The van der Waals surface area contributed by atoms with Gasteiger partial charge in [-0.15, -0.1) is 0 Å². The second kappa shape index (κ2) is 27.6. The van der Waals surface area contributed by atoms with Gasteiger partial charge in [-0.2, -0.15) is 0 Å². The van der Waals surface area contributed by atoms with Crippen molar-refractivity contribution in [2.24, 2.45) is 0 Å². The highest BCUT2D eigenvalue weighted by Gasteiger charge is 1.92. The zero-order chi connectivity index (χ0) is 18.1.